The molecule has 0 atom stereocenters. The van der Waals surface area contributed by atoms with Gasteiger partial charge in [0.25, 0.3) is 0 Å². The summed E-state index contributed by atoms with van der Waals surface area (Å²) < 4.78 is 23.6. The van der Waals surface area contributed by atoms with E-state index in [1.807, 2.05) is 12.1 Å². The Balaban J connectivity index is 1.95. The summed E-state index contributed by atoms with van der Waals surface area (Å²) in [6, 6.07) is 11.7. The van der Waals surface area contributed by atoms with Crippen molar-refractivity contribution in [2.45, 2.75) is 4.90 Å². The topological polar surface area (TPSA) is 85.1 Å². The number of hydrogen-bond donors (Lipinski definition) is 2. The highest BCUT2D eigenvalue weighted by molar-refractivity contribution is 7.89. The second-order valence-electron chi connectivity index (χ2n) is 4.33. The molecule has 108 valence electrons. The minimum atomic E-state index is -3.72. The zero-order valence-corrected chi connectivity index (χ0v) is 13.0. The molecular weight excluding hydrogens is 330 g/mol. The molecule has 3 aromatic rings. The van der Waals surface area contributed by atoms with Crippen molar-refractivity contribution < 1.29 is 8.42 Å². The van der Waals surface area contributed by atoms with Crippen molar-refractivity contribution in [2.75, 3.05) is 5.32 Å². The van der Waals surface area contributed by atoms with Gasteiger partial charge in [-0.3, -0.25) is 0 Å². The number of benzene rings is 2. The van der Waals surface area contributed by atoms with Crippen molar-refractivity contribution in [1.82, 2.24) is 4.98 Å². The zero-order chi connectivity index (χ0) is 15.0. The van der Waals surface area contributed by atoms with Gasteiger partial charge in [0, 0.05) is 10.7 Å². The minimum absolute atomic E-state index is 0.0525. The summed E-state index contributed by atoms with van der Waals surface area (Å²) in [5, 5.41) is 9.48. The summed E-state index contributed by atoms with van der Waals surface area (Å²) in [5.41, 5.74) is 1.43. The first-order chi connectivity index (χ1) is 9.91. The first-order valence-electron chi connectivity index (χ1n) is 5.88. The Morgan fingerprint density at radius 2 is 2.00 bits per heavy atom. The average Bonchev–Trinajstić information content (AvgIpc) is 2.79. The molecule has 0 radical (unpaired) electrons. The third-order valence-corrected chi connectivity index (χ3v) is 4.84. The fraction of sp³-hybridized carbons (Fsp3) is 0. The zero-order valence-electron chi connectivity index (χ0n) is 10.6. The van der Waals surface area contributed by atoms with E-state index in [4.69, 9.17) is 16.7 Å². The number of nitrogens with one attached hydrogen (secondary N) is 1. The van der Waals surface area contributed by atoms with E-state index in [9.17, 15) is 8.42 Å². The van der Waals surface area contributed by atoms with Gasteiger partial charge in [0.15, 0.2) is 5.13 Å². The second-order valence-corrected chi connectivity index (χ2v) is 7.36. The maximum Gasteiger partial charge on any atom is 0.238 e. The predicted molar refractivity (Wildman–Crippen MR) is 85.7 cm³/mol. The van der Waals surface area contributed by atoms with E-state index in [0.29, 0.717) is 15.8 Å². The molecule has 0 spiro atoms. The number of nitrogens with zero attached hydrogens (tertiary/aromatic N) is 1. The summed E-state index contributed by atoms with van der Waals surface area (Å²) in [4.78, 5) is 4.46. The van der Waals surface area contributed by atoms with Gasteiger partial charge in [-0.05, 0) is 36.4 Å². The van der Waals surface area contributed by atoms with Gasteiger partial charge in [-0.25, -0.2) is 18.5 Å². The van der Waals surface area contributed by atoms with Gasteiger partial charge < -0.3 is 5.32 Å². The first kappa shape index (κ1) is 14.3. The minimum Gasteiger partial charge on any atom is -0.331 e. The lowest BCUT2D eigenvalue weighted by molar-refractivity contribution is 0.598. The van der Waals surface area contributed by atoms with Gasteiger partial charge in [0.05, 0.1) is 15.1 Å². The van der Waals surface area contributed by atoms with Crippen molar-refractivity contribution in [3.05, 3.63) is 47.5 Å². The number of thiazole rings is 1. The van der Waals surface area contributed by atoms with Gasteiger partial charge >= 0.3 is 0 Å². The molecule has 8 heteroatoms. The Kier molecular flexibility index (Phi) is 3.58. The first-order valence-corrected chi connectivity index (χ1v) is 8.62. The van der Waals surface area contributed by atoms with Crippen LogP contribution in [0.1, 0.15) is 0 Å². The van der Waals surface area contributed by atoms with Crippen LogP contribution in [-0.2, 0) is 10.0 Å². The summed E-state index contributed by atoms with van der Waals surface area (Å²) in [6.07, 6.45) is 0. The van der Waals surface area contributed by atoms with Crippen LogP contribution in [0, 0.1) is 0 Å². The molecule has 0 bridgehead atoms. The van der Waals surface area contributed by atoms with E-state index in [2.05, 4.69) is 10.3 Å². The molecule has 0 aliphatic heterocycles. The van der Waals surface area contributed by atoms with E-state index < -0.39 is 10.0 Å². The van der Waals surface area contributed by atoms with Gasteiger partial charge in [0.1, 0.15) is 0 Å². The highest BCUT2D eigenvalue weighted by Crippen LogP contribution is 2.30. The SMILES string of the molecule is NS(=O)(=O)c1cccc(Nc2nc3ccc(Cl)cc3s2)c1. The molecule has 0 unspecified atom stereocenters. The Morgan fingerprint density at radius 1 is 1.19 bits per heavy atom. The smallest absolute Gasteiger partial charge is 0.238 e. The molecule has 2 aromatic carbocycles. The number of sulfonamides is 1. The number of hydrogen-bond acceptors (Lipinski definition) is 5. The molecule has 3 rings (SSSR count). The lowest BCUT2D eigenvalue weighted by Crippen LogP contribution is -2.12. The van der Waals surface area contributed by atoms with E-state index in [0.717, 1.165) is 10.2 Å². The average molecular weight is 340 g/mol. The highest BCUT2D eigenvalue weighted by atomic mass is 35.5. The molecule has 0 aliphatic rings. The second kappa shape index (κ2) is 5.27. The standard InChI is InChI=1S/C13H10ClN3O2S2/c14-8-4-5-11-12(6-8)20-13(17-11)16-9-2-1-3-10(7-9)21(15,18)19/h1-7H,(H,16,17)(H2,15,18,19). The summed E-state index contributed by atoms with van der Waals surface area (Å²) in [6.45, 7) is 0. The number of aromatic nitrogens is 1. The van der Waals surface area contributed by atoms with Gasteiger partial charge in [0.2, 0.25) is 10.0 Å². The number of nitrogens with two attached hydrogens (primary N) is 1. The summed E-state index contributed by atoms with van der Waals surface area (Å²) >= 11 is 7.37. The van der Waals surface area contributed by atoms with Crippen LogP contribution in [0.25, 0.3) is 10.2 Å². The van der Waals surface area contributed by atoms with Crippen molar-refractivity contribution in [2.24, 2.45) is 5.14 Å². The molecule has 3 N–H and O–H groups in total. The monoisotopic (exact) mass is 339 g/mol. The lowest BCUT2D eigenvalue weighted by atomic mass is 10.3. The van der Waals surface area contributed by atoms with E-state index >= 15 is 0 Å². The van der Waals surface area contributed by atoms with Crippen LogP contribution < -0.4 is 10.5 Å². The summed E-state index contributed by atoms with van der Waals surface area (Å²) in [5.74, 6) is 0. The maximum absolute atomic E-state index is 11.3. The maximum atomic E-state index is 11.3. The van der Waals surface area contributed by atoms with Gasteiger partial charge in [-0.15, -0.1) is 0 Å². The predicted octanol–water partition coefficient (Wildman–Crippen LogP) is 3.34. The quantitative estimate of drug-likeness (QED) is 0.766. The van der Waals surface area contributed by atoms with Crippen LogP contribution in [0.3, 0.4) is 0 Å². The molecule has 1 aromatic heterocycles. The molecule has 0 aliphatic carbocycles. The van der Waals surface area contributed by atoms with Crippen LogP contribution in [0.2, 0.25) is 5.02 Å². The molecule has 0 fully saturated rings. The van der Waals surface area contributed by atoms with Crippen LogP contribution >= 0.6 is 22.9 Å². The molecular formula is C13H10ClN3O2S2. The molecule has 0 saturated heterocycles. The fourth-order valence-electron chi connectivity index (χ4n) is 1.83. The molecule has 5 nitrogen and oxygen atoms in total. The van der Waals surface area contributed by atoms with Crippen LogP contribution in [0.5, 0.6) is 0 Å². The Bertz CT molecular complexity index is 922. The number of rotatable bonds is 3. The molecule has 1 heterocycles. The van der Waals surface area contributed by atoms with Crippen LogP contribution in [0.15, 0.2) is 47.4 Å². The van der Waals surface area contributed by atoms with Crippen molar-refractivity contribution in [3.63, 3.8) is 0 Å². The normalized spacial score (nSPS) is 11.7. The van der Waals surface area contributed by atoms with Crippen LogP contribution in [0.4, 0.5) is 10.8 Å². The van der Waals surface area contributed by atoms with Gasteiger partial charge in [-0.1, -0.05) is 29.0 Å². The van der Waals surface area contributed by atoms with Crippen molar-refractivity contribution in [3.8, 4) is 0 Å². The van der Waals surface area contributed by atoms with Crippen LogP contribution in [-0.4, -0.2) is 13.4 Å². The third-order valence-electron chi connectivity index (χ3n) is 2.76. The molecule has 0 amide bonds. The third kappa shape index (κ3) is 3.16. The number of halogens is 1. The van der Waals surface area contributed by atoms with Gasteiger partial charge in [-0.2, -0.15) is 0 Å². The fourth-order valence-corrected chi connectivity index (χ4v) is 3.55. The van der Waals surface area contributed by atoms with Crippen molar-refractivity contribution in [1.29, 1.82) is 0 Å². The Morgan fingerprint density at radius 3 is 2.76 bits per heavy atom. The summed E-state index contributed by atoms with van der Waals surface area (Å²) in [7, 11) is -3.72. The number of primary sulfonamides is 1. The van der Waals surface area contributed by atoms with Crippen molar-refractivity contribution >= 4 is 54.0 Å². The molecule has 21 heavy (non-hydrogen) atoms. The largest absolute Gasteiger partial charge is 0.331 e. The molecule has 0 saturated carbocycles. The Labute approximate surface area is 130 Å². The van der Waals surface area contributed by atoms with E-state index in [1.165, 1.54) is 23.5 Å². The van der Waals surface area contributed by atoms with E-state index in [1.54, 1.807) is 18.2 Å². The number of fused-ring (bicyclic) bond motifs is 1. The van der Waals surface area contributed by atoms with E-state index in [-0.39, 0.29) is 4.90 Å². The highest BCUT2D eigenvalue weighted by Gasteiger charge is 2.09. The lowest BCUT2D eigenvalue weighted by Gasteiger charge is -2.04. The number of anilines is 2. The Hall–Kier alpha value is -1.67.